The fourth-order valence-electron chi connectivity index (χ4n) is 2.86. The number of nitrogens with zero attached hydrogens (tertiary/aromatic N) is 3. The Kier molecular flexibility index (Phi) is 5.63. The van der Waals surface area contributed by atoms with E-state index in [-0.39, 0.29) is 5.25 Å². The van der Waals surface area contributed by atoms with E-state index in [2.05, 4.69) is 30.5 Å². The molecule has 0 bridgehead atoms. The zero-order valence-electron chi connectivity index (χ0n) is 14.0. The van der Waals surface area contributed by atoms with Gasteiger partial charge in [0.1, 0.15) is 0 Å². The lowest BCUT2D eigenvalue weighted by Crippen LogP contribution is -2.51. The lowest BCUT2D eigenvalue weighted by atomic mass is 9.95. The Morgan fingerprint density at radius 2 is 2.18 bits per heavy atom. The molecule has 0 spiro atoms. The van der Waals surface area contributed by atoms with E-state index in [0.717, 1.165) is 19.5 Å². The first-order valence-corrected chi connectivity index (χ1v) is 9.58. The molecule has 0 aliphatic carbocycles. The zero-order chi connectivity index (χ0) is 16.3. The van der Waals surface area contributed by atoms with Crippen LogP contribution in [0.25, 0.3) is 0 Å². The van der Waals surface area contributed by atoms with Crippen molar-refractivity contribution < 1.29 is 8.42 Å². The maximum atomic E-state index is 12.2. The number of hydrogen-bond donors (Lipinski definition) is 1. The topological polar surface area (TPSA) is 67.2 Å². The van der Waals surface area contributed by atoms with Crippen LogP contribution < -0.4 is 5.32 Å². The summed E-state index contributed by atoms with van der Waals surface area (Å²) in [4.78, 5) is 0. The number of rotatable bonds is 6. The van der Waals surface area contributed by atoms with Crippen LogP contribution >= 0.6 is 0 Å². The summed E-state index contributed by atoms with van der Waals surface area (Å²) in [6.07, 6.45) is 4.80. The van der Waals surface area contributed by atoms with Crippen LogP contribution in [0.5, 0.6) is 0 Å². The standard InChI is InChI=1S/C15H28N4O2S/c1-5-18-11-14(9-17-18)8-16-15-6-7-19(10-13(15)4)22(20,21)12(2)3/h9,11-13,15-16H,5-8,10H2,1-4H3/t13-,15-/m0/s1. The molecule has 2 atom stereocenters. The van der Waals surface area contributed by atoms with Crippen molar-refractivity contribution in [2.75, 3.05) is 13.1 Å². The molecular weight excluding hydrogens is 300 g/mol. The van der Waals surface area contributed by atoms with Crippen LogP contribution in [-0.2, 0) is 23.1 Å². The second-order valence-corrected chi connectivity index (χ2v) is 8.90. The van der Waals surface area contributed by atoms with Crippen molar-refractivity contribution in [2.24, 2.45) is 5.92 Å². The van der Waals surface area contributed by atoms with Gasteiger partial charge in [0.05, 0.1) is 11.4 Å². The van der Waals surface area contributed by atoms with Gasteiger partial charge in [-0.3, -0.25) is 4.68 Å². The number of piperidine rings is 1. The predicted molar refractivity (Wildman–Crippen MR) is 87.9 cm³/mol. The Balaban J connectivity index is 1.88. The molecule has 1 aromatic rings. The van der Waals surface area contributed by atoms with Gasteiger partial charge in [0.15, 0.2) is 0 Å². The highest BCUT2D eigenvalue weighted by Crippen LogP contribution is 2.22. The van der Waals surface area contributed by atoms with Crippen molar-refractivity contribution in [3.05, 3.63) is 18.0 Å². The highest BCUT2D eigenvalue weighted by Gasteiger charge is 2.33. The van der Waals surface area contributed by atoms with Crippen molar-refractivity contribution in [3.63, 3.8) is 0 Å². The molecule has 1 aliphatic rings. The molecule has 2 heterocycles. The fourth-order valence-corrected chi connectivity index (χ4v) is 4.26. The smallest absolute Gasteiger partial charge is 0.216 e. The summed E-state index contributed by atoms with van der Waals surface area (Å²) >= 11 is 0. The first kappa shape index (κ1) is 17.4. The number of nitrogens with one attached hydrogen (secondary N) is 1. The number of aromatic nitrogens is 2. The van der Waals surface area contributed by atoms with Crippen LogP contribution in [-0.4, -0.2) is 46.9 Å². The van der Waals surface area contributed by atoms with Crippen LogP contribution in [0.4, 0.5) is 0 Å². The van der Waals surface area contributed by atoms with E-state index < -0.39 is 10.0 Å². The van der Waals surface area contributed by atoms with E-state index in [1.807, 2.05) is 10.9 Å². The summed E-state index contributed by atoms with van der Waals surface area (Å²) in [5.74, 6) is 0.309. The van der Waals surface area contributed by atoms with Crippen LogP contribution in [0.1, 0.15) is 39.7 Å². The molecule has 1 aliphatic heterocycles. The number of aryl methyl sites for hydroxylation is 1. The molecule has 2 rings (SSSR count). The van der Waals surface area contributed by atoms with Crippen LogP contribution in [0.2, 0.25) is 0 Å². The van der Waals surface area contributed by atoms with E-state index in [1.54, 1.807) is 18.2 Å². The first-order chi connectivity index (χ1) is 10.3. The third kappa shape index (κ3) is 3.88. The maximum absolute atomic E-state index is 12.2. The molecule has 1 saturated heterocycles. The molecule has 0 aromatic carbocycles. The summed E-state index contributed by atoms with van der Waals surface area (Å²) in [6, 6.07) is 0.351. The molecule has 7 heteroatoms. The van der Waals surface area contributed by atoms with Gasteiger partial charge in [-0.05, 0) is 33.1 Å². The molecule has 22 heavy (non-hydrogen) atoms. The molecule has 1 fully saturated rings. The molecular formula is C15H28N4O2S. The van der Waals surface area contributed by atoms with E-state index >= 15 is 0 Å². The van der Waals surface area contributed by atoms with E-state index in [1.165, 1.54) is 5.56 Å². The van der Waals surface area contributed by atoms with Crippen molar-refractivity contribution >= 4 is 10.0 Å². The van der Waals surface area contributed by atoms with E-state index in [4.69, 9.17) is 0 Å². The second-order valence-electron chi connectivity index (χ2n) is 6.41. The third-order valence-corrected chi connectivity index (χ3v) is 6.65. The lowest BCUT2D eigenvalue weighted by Gasteiger charge is -2.37. The fraction of sp³-hybridized carbons (Fsp3) is 0.800. The Morgan fingerprint density at radius 3 is 2.73 bits per heavy atom. The minimum absolute atomic E-state index is 0.309. The van der Waals surface area contributed by atoms with Crippen molar-refractivity contribution in [2.45, 2.75) is 58.5 Å². The van der Waals surface area contributed by atoms with Gasteiger partial charge in [-0.25, -0.2) is 12.7 Å². The second kappa shape index (κ2) is 7.10. The summed E-state index contributed by atoms with van der Waals surface area (Å²) < 4.78 is 28.1. The van der Waals surface area contributed by atoms with Gasteiger partial charge in [0, 0.05) is 44.0 Å². The van der Waals surface area contributed by atoms with Crippen LogP contribution in [0.15, 0.2) is 12.4 Å². The first-order valence-electron chi connectivity index (χ1n) is 8.08. The Bertz CT molecular complexity index is 582. The number of sulfonamides is 1. The van der Waals surface area contributed by atoms with Crippen molar-refractivity contribution in [3.8, 4) is 0 Å². The Labute approximate surface area is 133 Å². The SMILES string of the molecule is CCn1cc(CN[C@H]2CCN(S(=O)(=O)C(C)C)C[C@@H]2C)cn1. The third-order valence-electron chi connectivity index (χ3n) is 4.40. The normalized spacial score (nSPS) is 24.0. The predicted octanol–water partition coefficient (Wildman–Crippen LogP) is 1.44. The maximum Gasteiger partial charge on any atom is 0.216 e. The lowest BCUT2D eigenvalue weighted by molar-refractivity contribution is 0.218. The van der Waals surface area contributed by atoms with Gasteiger partial charge in [-0.15, -0.1) is 0 Å². The molecule has 1 N–H and O–H groups in total. The summed E-state index contributed by atoms with van der Waals surface area (Å²) in [5, 5.41) is 7.48. The molecule has 1 aromatic heterocycles. The number of hydrogen-bond acceptors (Lipinski definition) is 4. The summed E-state index contributed by atoms with van der Waals surface area (Å²) in [6.45, 7) is 10.6. The highest BCUT2D eigenvalue weighted by molar-refractivity contribution is 7.89. The molecule has 0 radical (unpaired) electrons. The average molecular weight is 328 g/mol. The van der Waals surface area contributed by atoms with E-state index in [9.17, 15) is 8.42 Å². The van der Waals surface area contributed by atoms with Gasteiger partial charge in [0.25, 0.3) is 0 Å². The quantitative estimate of drug-likeness (QED) is 0.858. The van der Waals surface area contributed by atoms with Gasteiger partial charge in [-0.2, -0.15) is 5.10 Å². The summed E-state index contributed by atoms with van der Waals surface area (Å²) in [7, 11) is -3.13. The van der Waals surface area contributed by atoms with Crippen molar-refractivity contribution in [1.29, 1.82) is 0 Å². The minimum atomic E-state index is -3.13. The molecule has 126 valence electrons. The summed E-state index contributed by atoms with van der Waals surface area (Å²) in [5.41, 5.74) is 1.17. The Morgan fingerprint density at radius 1 is 1.45 bits per heavy atom. The molecule has 0 unspecified atom stereocenters. The minimum Gasteiger partial charge on any atom is -0.309 e. The van der Waals surface area contributed by atoms with Gasteiger partial charge >= 0.3 is 0 Å². The highest BCUT2D eigenvalue weighted by atomic mass is 32.2. The average Bonchev–Trinajstić information content (AvgIpc) is 2.93. The van der Waals surface area contributed by atoms with Crippen LogP contribution in [0.3, 0.4) is 0 Å². The van der Waals surface area contributed by atoms with Gasteiger partial charge in [0.2, 0.25) is 10.0 Å². The van der Waals surface area contributed by atoms with Crippen LogP contribution in [0, 0.1) is 5.92 Å². The monoisotopic (exact) mass is 328 g/mol. The molecule has 0 amide bonds. The molecule has 6 nitrogen and oxygen atoms in total. The largest absolute Gasteiger partial charge is 0.309 e. The van der Waals surface area contributed by atoms with Gasteiger partial charge in [-0.1, -0.05) is 6.92 Å². The van der Waals surface area contributed by atoms with Gasteiger partial charge < -0.3 is 5.32 Å². The Hall–Kier alpha value is -0.920. The zero-order valence-corrected chi connectivity index (χ0v) is 14.8. The molecule has 0 saturated carbocycles. The van der Waals surface area contributed by atoms with E-state index in [0.29, 0.717) is 25.0 Å². The van der Waals surface area contributed by atoms with Crippen molar-refractivity contribution in [1.82, 2.24) is 19.4 Å².